The number of nitrogens with one attached hydrogen (secondary N) is 2. The maximum absolute atomic E-state index is 12.6. The first-order valence-electron chi connectivity index (χ1n) is 9.88. The molecule has 1 unspecified atom stereocenters. The van der Waals surface area contributed by atoms with Gasteiger partial charge in [-0.1, -0.05) is 17.7 Å². The Bertz CT molecular complexity index is 1100. The highest BCUT2D eigenvalue weighted by Gasteiger charge is 2.27. The van der Waals surface area contributed by atoms with Crippen LogP contribution in [-0.4, -0.2) is 49.3 Å². The number of carbonyl (C=O) groups is 1. The third-order valence-electron chi connectivity index (χ3n) is 5.45. The lowest BCUT2D eigenvalue weighted by molar-refractivity contribution is -0.118. The summed E-state index contributed by atoms with van der Waals surface area (Å²) in [5.41, 5.74) is 1.51. The van der Waals surface area contributed by atoms with Crippen molar-refractivity contribution >= 4 is 39.1 Å². The minimum absolute atomic E-state index is 0.0556. The first-order valence-corrected chi connectivity index (χ1v) is 11.7. The summed E-state index contributed by atoms with van der Waals surface area (Å²) in [6.45, 7) is 4.31. The van der Waals surface area contributed by atoms with E-state index in [0.717, 1.165) is 18.7 Å². The van der Waals surface area contributed by atoms with E-state index >= 15 is 0 Å². The quantitative estimate of drug-likeness (QED) is 0.733. The van der Waals surface area contributed by atoms with Crippen molar-refractivity contribution in [2.75, 3.05) is 25.0 Å². The predicted octanol–water partition coefficient (Wildman–Crippen LogP) is 2.63. The number of carbonyl (C=O) groups excluding carboxylic acids is 1. The molecule has 0 saturated heterocycles. The predicted molar refractivity (Wildman–Crippen MR) is 116 cm³/mol. The molecule has 0 fully saturated rings. The van der Waals surface area contributed by atoms with Crippen molar-refractivity contribution in [2.45, 2.75) is 37.2 Å². The van der Waals surface area contributed by atoms with E-state index in [4.69, 9.17) is 11.6 Å². The van der Waals surface area contributed by atoms with Crippen molar-refractivity contribution in [3.8, 4) is 0 Å². The van der Waals surface area contributed by atoms with Crippen molar-refractivity contribution in [3.63, 3.8) is 0 Å². The molecule has 8 nitrogen and oxygen atoms in total. The molecule has 1 aromatic carbocycles. The summed E-state index contributed by atoms with van der Waals surface area (Å²) < 4.78 is 29.7. The Hall–Kier alpha value is -2.36. The molecule has 10 heteroatoms. The van der Waals surface area contributed by atoms with Crippen molar-refractivity contribution < 1.29 is 13.2 Å². The number of anilines is 1. The lowest BCUT2D eigenvalue weighted by atomic mass is 10.1. The normalized spacial score (nSPS) is 19.3. The topological polar surface area (TPSA) is 95.8 Å². The SMILES string of the molecule is CC1c2ccc(Cl)n2CCN1CC(=O)Nc1cccc(S(=O)(=O)NC2=NCCC2)c1. The second kappa shape index (κ2) is 8.41. The van der Waals surface area contributed by atoms with Crippen LogP contribution in [0.2, 0.25) is 5.15 Å². The molecule has 30 heavy (non-hydrogen) atoms. The van der Waals surface area contributed by atoms with E-state index < -0.39 is 10.0 Å². The van der Waals surface area contributed by atoms with E-state index in [1.807, 2.05) is 19.1 Å². The second-order valence-electron chi connectivity index (χ2n) is 7.49. The third kappa shape index (κ3) is 4.38. The molecule has 3 heterocycles. The van der Waals surface area contributed by atoms with E-state index in [1.54, 1.807) is 12.1 Å². The summed E-state index contributed by atoms with van der Waals surface area (Å²) >= 11 is 6.19. The number of sulfonamides is 1. The van der Waals surface area contributed by atoms with Gasteiger partial charge >= 0.3 is 0 Å². The Morgan fingerprint density at radius 2 is 2.10 bits per heavy atom. The molecule has 160 valence electrons. The Morgan fingerprint density at radius 1 is 1.27 bits per heavy atom. The highest BCUT2D eigenvalue weighted by atomic mass is 35.5. The van der Waals surface area contributed by atoms with Crippen molar-refractivity contribution in [2.24, 2.45) is 4.99 Å². The van der Waals surface area contributed by atoms with Crippen molar-refractivity contribution in [3.05, 3.63) is 47.2 Å². The molecule has 4 rings (SSSR count). The van der Waals surface area contributed by atoms with Crippen LogP contribution in [0.5, 0.6) is 0 Å². The third-order valence-corrected chi connectivity index (χ3v) is 7.16. The Balaban J connectivity index is 1.41. The van der Waals surface area contributed by atoms with E-state index in [-0.39, 0.29) is 23.4 Å². The van der Waals surface area contributed by atoms with Gasteiger partial charge in [0.1, 0.15) is 11.0 Å². The molecule has 1 amide bonds. The van der Waals surface area contributed by atoms with E-state index in [0.29, 0.717) is 36.2 Å². The largest absolute Gasteiger partial charge is 0.333 e. The average Bonchev–Trinajstić information content (AvgIpc) is 3.34. The zero-order valence-electron chi connectivity index (χ0n) is 16.6. The number of amides is 1. The minimum atomic E-state index is -3.73. The van der Waals surface area contributed by atoms with Crippen molar-refractivity contribution in [1.29, 1.82) is 0 Å². The van der Waals surface area contributed by atoms with Crippen LogP contribution in [0.1, 0.15) is 31.5 Å². The summed E-state index contributed by atoms with van der Waals surface area (Å²) in [5.74, 6) is 0.281. The zero-order chi connectivity index (χ0) is 21.3. The van der Waals surface area contributed by atoms with Gasteiger partial charge in [0.15, 0.2) is 0 Å². The number of aliphatic imine (C=N–C) groups is 1. The number of hydrogen-bond donors (Lipinski definition) is 2. The number of halogens is 1. The highest BCUT2D eigenvalue weighted by molar-refractivity contribution is 7.90. The second-order valence-corrected chi connectivity index (χ2v) is 9.56. The van der Waals surface area contributed by atoms with Crippen molar-refractivity contribution in [1.82, 2.24) is 14.2 Å². The van der Waals surface area contributed by atoms with Gasteiger partial charge in [0.25, 0.3) is 10.0 Å². The fraction of sp³-hybridized carbons (Fsp3) is 0.400. The lowest BCUT2D eigenvalue weighted by Gasteiger charge is -2.34. The van der Waals surface area contributed by atoms with Gasteiger partial charge in [-0.3, -0.25) is 19.4 Å². The first kappa shape index (κ1) is 20.9. The maximum atomic E-state index is 12.6. The van der Waals surface area contributed by atoms with Crippen LogP contribution in [0.15, 0.2) is 46.3 Å². The van der Waals surface area contributed by atoms with E-state index in [9.17, 15) is 13.2 Å². The maximum Gasteiger partial charge on any atom is 0.262 e. The fourth-order valence-electron chi connectivity index (χ4n) is 3.85. The summed E-state index contributed by atoms with van der Waals surface area (Å²) in [4.78, 5) is 18.9. The van der Waals surface area contributed by atoms with Gasteiger partial charge in [0.05, 0.1) is 11.4 Å². The molecular formula is C20H24ClN5O3S. The molecule has 2 aliphatic rings. The number of aromatic nitrogens is 1. The molecule has 2 aromatic rings. The Morgan fingerprint density at radius 3 is 2.87 bits per heavy atom. The minimum Gasteiger partial charge on any atom is -0.333 e. The molecular weight excluding hydrogens is 426 g/mol. The summed E-state index contributed by atoms with van der Waals surface area (Å²) in [6, 6.07) is 10.1. The molecule has 0 aliphatic carbocycles. The fourth-order valence-corrected chi connectivity index (χ4v) is 5.23. The highest BCUT2D eigenvalue weighted by Crippen LogP contribution is 2.29. The van der Waals surface area contributed by atoms with Gasteiger partial charge in [-0.15, -0.1) is 0 Å². The van der Waals surface area contributed by atoms with Crippen LogP contribution in [-0.2, 0) is 21.4 Å². The smallest absolute Gasteiger partial charge is 0.262 e. The molecule has 0 saturated carbocycles. The molecule has 2 aliphatic heterocycles. The number of hydrogen-bond acceptors (Lipinski definition) is 5. The molecule has 2 N–H and O–H groups in total. The summed E-state index contributed by atoms with van der Waals surface area (Å²) in [5, 5.41) is 3.51. The lowest BCUT2D eigenvalue weighted by Crippen LogP contribution is -2.41. The Labute approximate surface area is 181 Å². The standard InChI is InChI=1S/C20H24ClN5O3S/c1-14-17-7-8-18(21)26(17)11-10-25(14)13-20(27)23-15-4-2-5-16(12-15)30(28,29)24-19-6-3-9-22-19/h2,4-5,7-8,12,14H,3,6,9-11,13H2,1H3,(H,22,24)(H,23,27). The first-order chi connectivity index (χ1) is 14.3. The summed E-state index contributed by atoms with van der Waals surface area (Å²) in [6.07, 6.45) is 1.47. The Kier molecular flexibility index (Phi) is 5.86. The number of amidine groups is 1. The van der Waals surface area contributed by atoms with Crippen LogP contribution < -0.4 is 10.0 Å². The van der Waals surface area contributed by atoms with Crippen LogP contribution in [0.3, 0.4) is 0 Å². The van der Waals surface area contributed by atoms with Crippen LogP contribution >= 0.6 is 11.6 Å². The van der Waals surface area contributed by atoms with Crippen LogP contribution in [0.4, 0.5) is 5.69 Å². The zero-order valence-corrected chi connectivity index (χ0v) is 18.2. The van der Waals surface area contributed by atoms with E-state index in [1.165, 1.54) is 12.1 Å². The van der Waals surface area contributed by atoms with Gasteiger partial charge in [-0.25, -0.2) is 8.42 Å². The molecule has 0 spiro atoms. The van der Waals surface area contributed by atoms with Crippen LogP contribution in [0, 0.1) is 0 Å². The monoisotopic (exact) mass is 449 g/mol. The van der Waals surface area contributed by atoms with Gasteiger partial charge in [-0.05, 0) is 43.7 Å². The van der Waals surface area contributed by atoms with Gasteiger partial charge < -0.3 is 9.88 Å². The average molecular weight is 450 g/mol. The van der Waals surface area contributed by atoms with Gasteiger partial charge in [-0.2, -0.15) is 0 Å². The number of rotatable bonds is 5. The number of nitrogens with zero attached hydrogens (tertiary/aromatic N) is 3. The van der Waals surface area contributed by atoms with E-state index in [2.05, 4.69) is 24.5 Å². The van der Waals surface area contributed by atoms with Gasteiger partial charge in [0, 0.05) is 43.5 Å². The molecule has 1 atom stereocenters. The molecule has 0 bridgehead atoms. The van der Waals surface area contributed by atoms with Crippen LogP contribution in [0.25, 0.3) is 0 Å². The molecule has 1 aromatic heterocycles. The number of fused-ring (bicyclic) bond motifs is 1. The summed E-state index contributed by atoms with van der Waals surface area (Å²) in [7, 11) is -3.73. The number of benzene rings is 1. The molecule has 0 radical (unpaired) electrons. The van der Waals surface area contributed by atoms with Gasteiger partial charge in [0.2, 0.25) is 5.91 Å².